The molecule has 0 saturated carbocycles. The zero-order chi connectivity index (χ0) is 22.0. The summed E-state index contributed by atoms with van der Waals surface area (Å²) in [7, 11) is 0. The Morgan fingerprint density at radius 3 is 2.45 bits per heavy atom. The Morgan fingerprint density at radius 1 is 1.06 bits per heavy atom. The van der Waals surface area contributed by atoms with Crippen molar-refractivity contribution in [1.29, 1.82) is 0 Å². The Kier molecular flexibility index (Phi) is 6.07. The van der Waals surface area contributed by atoms with E-state index in [9.17, 15) is 14.4 Å². The quantitative estimate of drug-likeness (QED) is 0.695. The number of anilines is 1. The number of hydrogen-bond donors (Lipinski definition) is 0. The van der Waals surface area contributed by atoms with E-state index in [0.29, 0.717) is 36.0 Å². The molecule has 0 radical (unpaired) electrons. The Morgan fingerprint density at radius 2 is 1.77 bits per heavy atom. The molecule has 2 amide bonds. The van der Waals surface area contributed by atoms with Gasteiger partial charge >= 0.3 is 0 Å². The maximum absolute atomic E-state index is 13.0. The normalized spacial score (nSPS) is 19.0. The fourth-order valence-electron chi connectivity index (χ4n) is 4.36. The molecule has 0 spiro atoms. The largest absolute Gasteiger partial charge is 0.479 e. The minimum Gasteiger partial charge on any atom is -0.479 e. The lowest BCUT2D eigenvalue weighted by molar-refractivity contribution is -0.134. The third kappa shape index (κ3) is 4.63. The molecular formula is C25H28N2O4. The molecule has 2 aliphatic rings. The van der Waals surface area contributed by atoms with Crippen molar-refractivity contribution in [2.45, 2.75) is 39.2 Å². The van der Waals surface area contributed by atoms with Crippen LogP contribution in [0.2, 0.25) is 0 Å². The van der Waals surface area contributed by atoms with E-state index in [-0.39, 0.29) is 24.1 Å². The van der Waals surface area contributed by atoms with E-state index in [0.717, 1.165) is 19.3 Å². The summed E-state index contributed by atoms with van der Waals surface area (Å²) in [5.74, 6) is 0.655. The highest BCUT2D eigenvalue weighted by atomic mass is 16.5. The first kappa shape index (κ1) is 21.1. The predicted octanol–water partition coefficient (Wildman–Crippen LogP) is 3.48. The van der Waals surface area contributed by atoms with E-state index in [1.54, 1.807) is 25.1 Å². The number of hydrogen-bond acceptors (Lipinski definition) is 4. The van der Waals surface area contributed by atoms with Gasteiger partial charge in [-0.15, -0.1) is 0 Å². The fraction of sp³-hybridized carbons (Fsp3) is 0.400. The van der Waals surface area contributed by atoms with Crippen LogP contribution in [0.15, 0.2) is 48.5 Å². The molecule has 1 unspecified atom stereocenters. The van der Waals surface area contributed by atoms with Gasteiger partial charge in [0.25, 0.3) is 5.91 Å². The lowest BCUT2D eigenvalue weighted by Gasteiger charge is -2.36. The summed E-state index contributed by atoms with van der Waals surface area (Å²) >= 11 is 0. The number of nitrogens with zero attached hydrogens (tertiary/aromatic N) is 2. The zero-order valence-corrected chi connectivity index (χ0v) is 18.0. The average molecular weight is 421 g/mol. The van der Waals surface area contributed by atoms with Crippen molar-refractivity contribution in [1.82, 2.24) is 4.90 Å². The molecule has 2 aromatic carbocycles. The standard InChI is InChI=1S/C25H28N2O4/c1-17(28)21-8-9-23-22(15-21)27(25(30)18(2)31-23)16-24(29)26-12-10-20(11-13-26)14-19-6-4-3-5-7-19/h3-9,15,18,20H,10-14,16H2,1-2H3. The van der Waals surface area contributed by atoms with Gasteiger partial charge in [0.15, 0.2) is 11.9 Å². The second-order valence-corrected chi connectivity index (χ2v) is 8.44. The number of likely N-dealkylation sites (tertiary alicyclic amines) is 1. The number of amides is 2. The second kappa shape index (κ2) is 8.92. The molecule has 2 aromatic rings. The summed E-state index contributed by atoms with van der Waals surface area (Å²) in [6.07, 6.45) is 2.28. The minimum absolute atomic E-state index is 0.0375. The number of ether oxygens (including phenoxy) is 1. The van der Waals surface area contributed by atoms with Gasteiger partial charge in [-0.3, -0.25) is 19.3 Å². The van der Waals surface area contributed by atoms with E-state index in [4.69, 9.17) is 4.74 Å². The Hall–Kier alpha value is -3.15. The predicted molar refractivity (Wildman–Crippen MR) is 118 cm³/mol. The van der Waals surface area contributed by atoms with Crippen molar-refractivity contribution in [2.24, 2.45) is 5.92 Å². The molecule has 1 fully saturated rings. The minimum atomic E-state index is -0.667. The van der Waals surface area contributed by atoms with Gasteiger partial charge in [-0.05, 0) is 62.8 Å². The van der Waals surface area contributed by atoms with E-state index < -0.39 is 6.10 Å². The topological polar surface area (TPSA) is 66.9 Å². The van der Waals surface area contributed by atoms with Gasteiger partial charge in [-0.25, -0.2) is 0 Å². The van der Waals surface area contributed by atoms with Gasteiger partial charge in [0.2, 0.25) is 5.91 Å². The van der Waals surface area contributed by atoms with Crippen LogP contribution in [0, 0.1) is 5.92 Å². The number of fused-ring (bicyclic) bond motifs is 1. The number of ketones is 1. The first-order chi connectivity index (χ1) is 14.9. The summed E-state index contributed by atoms with van der Waals surface area (Å²) in [4.78, 5) is 40.9. The van der Waals surface area contributed by atoms with E-state index in [1.807, 2.05) is 11.0 Å². The first-order valence-electron chi connectivity index (χ1n) is 10.9. The number of piperidine rings is 1. The van der Waals surface area contributed by atoms with Gasteiger partial charge in [-0.1, -0.05) is 30.3 Å². The second-order valence-electron chi connectivity index (χ2n) is 8.44. The molecule has 2 aliphatic heterocycles. The van der Waals surface area contributed by atoms with Gasteiger partial charge in [0.1, 0.15) is 12.3 Å². The van der Waals surface area contributed by atoms with Crippen LogP contribution in [0.25, 0.3) is 0 Å². The molecule has 31 heavy (non-hydrogen) atoms. The van der Waals surface area contributed by atoms with Crippen LogP contribution in [-0.2, 0) is 16.0 Å². The lowest BCUT2D eigenvalue weighted by Crippen LogP contribution is -2.50. The molecule has 0 aromatic heterocycles. The number of rotatable bonds is 5. The van der Waals surface area contributed by atoms with Crippen molar-refractivity contribution < 1.29 is 19.1 Å². The zero-order valence-electron chi connectivity index (χ0n) is 18.0. The van der Waals surface area contributed by atoms with E-state index in [1.165, 1.54) is 17.4 Å². The number of Topliss-reactive ketones (excluding diaryl/α,β-unsaturated/α-hetero) is 1. The van der Waals surface area contributed by atoms with Crippen LogP contribution >= 0.6 is 0 Å². The molecule has 0 aliphatic carbocycles. The number of carbonyl (C=O) groups excluding carboxylic acids is 3. The van der Waals surface area contributed by atoms with Gasteiger partial charge < -0.3 is 9.64 Å². The maximum atomic E-state index is 13.0. The highest BCUT2D eigenvalue weighted by molar-refractivity contribution is 6.05. The van der Waals surface area contributed by atoms with Crippen molar-refractivity contribution in [3.63, 3.8) is 0 Å². The molecular weight excluding hydrogens is 392 g/mol. The molecule has 4 rings (SSSR count). The summed E-state index contributed by atoms with van der Waals surface area (Å²) in [6, 6.07) is 15.5. The van der Waals surface area contributed by atoms with Crippen LogP contribution in [0.5, 0.6) is 5.75 Å². The van der Waals surface area contributed by atoms with Crippen LogP contribution in [0.4, 0.5) is 5.69 Å². The Labute approximate surface area is 182 Å². The molecule has 1 atom stereocenters. The molecule has 1 saturated heterocycles. The summed E-state index contributed by atoms with van der Waals surface area (Å²) in [5.41, 5.74) is 2.31. The summed E-state index contributed by atoms with van der Waals surface area (Å²) < 4.78 is 5.68. The van der Waals surface area contributed by atoms with Crippen molar-refractivity contribution >= 4 is 23.3 Å². The van der Waals surface area contributed by atoms with Crippen LogP contribution in [-0.4, -0.2) is 48.2 Å². The monoisotopic (exact) mass is 420 g/mol. The van der Waals surface area contributed by atoms with Crippen LogP contribution in [0.3, 0.4) is 0 Å². The number of benzene rings is 2. The lowest BCUT2D eigenvalue weighted by atomic mass is 9.90. The first-order valence-corrected chi connectivity index (χ1v) is 10.9. The Bertz CT molecular complexity index is 980. The van der Waals surface area contributed by atoms with E-state index in [2.05, 4.69) is 24.3 Å². The molecule has 0 N–H and O–H groups in total. The molecule has 6 heteroatoms. The van der Waals surface area contributed by atoms with Crippen LogP contribution in [0.1, 0.15) is 42.6 Å². The summed E-state index contributed by atoms with van der Waals surface area (Å²) in [6.45, 7) is 4.52. The smallest absolute Gasteiger partial charge is 0.268 e. The van der Waals surface area contributed by atoms with Crippen molar-refractivity contribution in [2.75, 3.05) is 24.5 Å². The fourth-order valence-corrected chi connectivity index (χ4v) is 4.36. The SMILES string of the molecule is CC(=O)c1ccc2c(c1)N(CC(=O)N1CCC(Cc3ccccc3)CC1)C(=O)C(C)O2. The third-order valence-corrected chi connectivity index (χ3v) is 6.20. The highest BCUT2D eigenvalue weighted by Crippen LogP contribution is 2.35. The third-order valence-electron chi connectivity index (χ3n) is 6.20. The van der Waals surface area contributed by atoms with Gasteiger partial charge in [-0.2, -0.15) is 0 Å². The van der Waals surface area contributed by atoms with Crippen molar-refractivity contribution in [3.05, 3.63) is 59.7 Å². The van der Waals surface area contributed by atoms with Gasteiger partial charge in [0.05, 0.1) is 5.69 Å². The molecule has 6 nitrogen and oxygen atoms in total. The van der Waals surface area contributed by atoms with Crippen molar-refractivity contribution in [3.8, 4) is 5.75 Å². The number of carbonyl (C=O) groups is 3. The van der Waals surface area contributed by atoms with E-state index >= 15 is 0 Å². The Balaban J connectivity index is 1.42. The summed E-state index contributed by atoms with van der Waals surface area (Å²) in [5, 5.41) is 0. The molecule has 2 heterocycles. The molecule has 162 valence electrons. The van der Waals surface area contributed by atoms with Gasteiger partial charge in [0, 0.05) is 18.7 Å². The average Bonchev–Trinajstić information content (AvgIpc) is 2.77. The molecule has 0 bridgehead atoms. The van der Waals surface area contributed by atoms with Crippen LogP contribution < -0.4 is 9.64 Å². The maximum Gasteiger partial charge on any atom is 0.268 e. The highest BCUT2D eigenvalue weighted by Gasteiger charge is 2.34.